The number of carbonyl (C=O) groups is 3. The van der Waals surface area contributed by atoms with Crippen LogP contribution >= 0.6 is 11.8 Å². The standard InChI is InChI=1S/C18H18N2O4S/c1-13(14-7-3-2-4-8-14)25-17-9-5-6-12-19(17)18(23)24-20-15(21)10-11-16(20)22/h2-9,12-13,17H,10-11H2,1H3. The second-order valence-corrected chi connectivity index (χ2v) is 7.11. The maximum Gasteiger partial charge on any atom is 0.440 e. The Hall–Kier alpha value is -2.54. The topological polar surface area (TPSA) is 66.9 Å². The maximum absolute atomic E-state index is 12.4. The average Bonchev–Trinajstić information content (AvgIpc) is 2.95. The predicted molar refractivity (Wildman–Crippen MR) is 93.9 cm³/mol. The Balaban J connectivity index is 1.68. The molecule has 0 spiro atoms. The molecule has 2 aliphatic rings. The van der Waals surface area contributed by atoms with Crippen LogP contribution in [0, 0.1) is 0 Å². The smallest absolute Gasteiger partial charge is 0.310 e. The highest BCUT2D eigenvalue weighted by Crippen LogP contribution is 2.35. The lowest BCUT2D eigenvalue weighted by Gasteiger charge is -2.30. The van der Waals surface area contributed by atoms with Gasteiger partial charge in [0.15, 0.2) is 0 Å². The van der Waals surface area contributed by atoms with Gasteiger partial charge in [0.25, 0.3) is 11.8 Å². The molecule has 2 unspecified atom stereocenters. The molecule has 2 atom stereocenters. The summed E-state index contributed by atoms with van der Waals surface area (Å²) in [5.41, 5.74) is 1.15. The van der Waals surface area contributed by atoms with Crippen LogP contribution in [0.25, 0.3) is 0 Å². The first kappa shape index (κ1) is 17.3. The van der Waals surface area contributed by atoms with Gasteiger partial charge in [-0.3, -0.25) is 14.5 Å². The summed E-state index contributed by atoms with van der Waals surface area (Å²) in [7, 11) is 0. The van der Waals surface area contributed by atoms with Gasteiger partial charge in [0, 0.05) is 24.3 Å². The lowest BCUT2D eigenvalue weighted by molar-refractivity contribution is -0.173. The molecule has 130 valence electrons. The fraction of sp³-hybridized carbons (Fsp3) is 0.278. The molecule has 1 saturated heterocycles. The van der Waals surface area contributed by atoms with Gasteiger partial charge in [0.1, 0.15) is 5.37 Å². The van der Waals surface area contributed by atoms with E-state index in [1.807, 2.05) is 42.5 Å². The van der Waals surface area contributed by atoms with Crippen molar-refractivity contribution < 1.29 is 19.2 Å². The lowest BCUT2D eigenvalue weighted by atomic mass is 10.2. The zero-order valence-electron chi connectivity index (χ0n) is 13.7. The summed E-state index contributed by atoms with van der Waals surface area (Å²) in [6.45, 7) is 2.06. The highest BCUT2D eigenvalue weighted by Gasteiger charge is 2.35. The van der Waals surface area contributed by atoms with Crippen LogP contribution in [0.3, 0.4) is 0 Å². The summed E-state index contributed by atoms with van der Waals surface area (Å²) in [6, 6.07) is 9.96. The van der Waals surface area contributed by atoms with E-state index < -0.39 is 17.9 Å². The summed E-state index contributed by atoms with van der Waals surface area (Å²) in [5.74, 6) is -0.978. The number of imide groups is 1. The molecule has 3 rings (SSSR count). The highest BCUT2D eigenvalue weighted by molar-refractivity contribution is 8.00. The summed E-state index contributed by atoms with van der Waals surface area (Å²) >= 11 is 1.57. The van der Waals surface area contributed by atoms with Gasteiger partial charge < -0.3 is 4.84 Å². The van der Waals surface area contributed by atoms with Crippen molar-refractivity contribution >= 4 is 29.7 Å². The van der Waals surface area contributed by atoms with Gasteiger partial charge in [-0.15, -0.1) is 16.8 Å². The molecule has 2 heterocycles. The summed E-state index contributed by atoms with van der Waals surface area (Å²) in [6.07, 6.45) is 6.42. The quantitative estimate of drug-likeness (QED) is 0.772. The van der Waals surface area contributed by atoms with E-state index in [0.29, 0.717) is 5.06 Å². The third-order valence-corrected chi connectivity index (χ3v) is 5.25. The minimum atomic E-state index is -0.748. The number of hydrogen-bond acceptors (Lipinski definition) is 5. The van der Waals surface area contributed by atoms with E-state index in [2.05, 4.69) is 6.92 Å². The van der Waals surface area contributed by atoms with E-state index in [0.717, 1.165) is 5.56 Å². The van der Waals surface area contributed by atoms with E-state index in [9.17, 15) is 14.4 Å². The average molecular weight is 358 g/mol. The Bertz CT molecular complexity index is 716. The first-order valence-electron chi connectivity index (χ1n) is 7.97. The number of amides is 3. The number of nitrogens with zero attached hydrogens (tertiary/aromatic N) is 2. The van der Waals surface area contributed by atoms with Crippen molar-refractivity contribution in [2.24, 2.45) is 0 Å². The summed E-state index contributed by atoms with van der Waals surface area (Å²) in [5, 5.41) is 0.421. The lowest BCUT2D eigenvalue weighted by Crippen LogP contribution is -2.41. The molecule has 0 aliphatic carbocycles. The minimum Gasteiger partial charge on any atom is -0.310 e. The van der Waals surface area contributed by atoms with Crippen molar-refractivity contribution in [3.63, 3.8) is 0 Å². The van der Waals surface area contributed by atoms with Gasteiger partial charge in [0.2, 0.25) is 0 Å². The largest absolute Gasteiger partial charge is 0.440 e. The monoisotopic (exact) mass is 358 g/mol. The summed E-state index contributed by atoms with van der Waals surface area (Å²) in [4.78, 5) is 42.1. The van der Waals surface area contributed by atoms with Crippen LogP contribution in [0.15, 0.2) is 54.8 Å². The second-order valence-electron chi connectivity index (χ2n) is 5.65. The van der Waals surface area contributed by atoms with Crippen LogP contribution in [0.5, 0.6) is 0 Å². The van der Waals surface area contributed by atoms with Crippen LogP contribution in [0.1, 0.15) is 30.6 Å². The van der Waals surface area contributed by atoms with E-state index in [-0.39, 0.29) is 23.5 Å². The van der Waals surface area contributed by atoms with Crippen molar-refractivity contribution in [3.05, 3.63) is 60.3 Å². The fourth-order valence-corrected chi connectivity index (χ4v) is 3.75. The van der Waals surface area contributed by atoms with E-state index in [4.69, 9.17) is 4.84 Å². The van der Waals surface area contributed by atoms with Crippen molar-refractivity contribution in [1.82, 2.24) is 9.96 Å². The number of thioether (sulfide) groups is 1. The van der Waals surface area contributed by atoms with Crippen LogP contribution < -0.4 is 0 Å². The van der Waals surface area contributed by atoms with Crippen molar-refractivity contribution in [1.29, 1.82) is 0 Å². The van der Waals surface area contributed by atoms with Crippen LogP contribution in [-0.4, -0.2) is 33.2 Å². The van der Waals surface area contributed by atoms with Crippen LogP contribution in [0.4, 0.5) is 4.79 Å². The van der Waals surface area contributed by atoms with Gasteiger partial charge in [-0.05, 0) is 18.6 Å². The zero-order valence-corrected chi connectivity index (χ0v) is 14.5. The first-order valence-corrected chi connectivity index (χ1v) is 8.92. The van der Waals surface area contributed by atoms with Crippen LogP contribution in [0.2, 0.25) is 0 Å². The van der Waals surface area contributed by atoms with Gasteiger partial charge in [-0.1, -0.05) is 42.5 Å². The molecule has 1 aromatic rings. The molecular weight excluding hydrogens is 340 g/mol. The molecule has 1 fully saturated rings. The Morgan fingerprint density at radius 2 is 1.84 bits per heavy atom. The van der Waals surface area contributed by atoms with Crippen LogP contribution in [-0.2, 0) is 14.4 Å². The molecule has 0 saturated carbocycles. The number of hydroxylamine groups is 2. The maximum atomic E-state index is 12.4. The van der Waals surface area contributed by atoms with E-state index >= 15 is 0 Å². The van der Waals surface area contributed by atoms with Crippen molar-refractivity contribution in [2.75, 3.05) is 0 Å². The van der Waals surface area contributed by atoms with Gasteiger partial charge in [-0.2, -0.15) is 0 Å². The molecular formula is C18H18N2O4S. The Morgan fingerprint density at radius 1 is 1.16 bits per heavy atom. The number of rotatable bonds is 4. The van der Waals surface area contributed by atoms with E-state index in [1.54, 1.807) is 24.0 Å². The molecule has 6 nitrogen and oxygen atoms in total. The third kappa shape index (κ3) is 3.93. The molecule has 0 bridgehead atoms. The van der Waals surface area contributed by atoms with E-state index in [1.165, 1.54) is 4.90 Å². The summed E-state index contributed by atoms with van der Waals surface area (Å²) < 4.78 is 0. The zero-order chi connectivity index (χ0) is 17.8. The Morgan fingerprint density at radius 3 is 2.52 bits per heavy atom. The number of carbonyl (C=O) groups excluding carboxylic acids is 3. The molecule has 1 aromatic carbocycles. The number of hydrogen-bond donors (Lipinski definition) is 0. The first-order chi connectivity index (χ1) is 12.1. The fourth-order valence-electron chi connectivity index (χ4n) is 2.55. The van der Waals surface area contributed by atoms with Crippen molar-refractivity contribution in [2.45, 2.75) is 30.4 Å². The molecule has 2 aliphatic heterocycles. The molecule has 25 heavy (non-hydrogen) atoms. The molecule has 0 aromatic heterocycles. The Labute approximate surface area is 150 Å². The predicted octanol–water partition coefficient (Wildman–Crippen LogP) is 3.39. The Kier molecular flexibility index (Phi) is 5.23. The van der Waals surface area contributed by atoms with Gasteiger partial charge >= 0.3 is 6.09 Å². The number of allylic oxidation sites excluding steroid dienone is 2. The van der Waals surface area contributed by atoms with Gasteiger partial charge in [-0.25, -0.2) is 4.79 Å². The third-order valence-electron chi connectivity index (χ3n) is 3.91. The van der Waals surface area contributed by atoms with Crippen molar-refractivity contribution in [3.8, 4) is 0 Å². The second kappa shape index (κ2) is 7.57. The SMILES string of the molecule is CC(SC1C=CC=CN1C(=O)ON1C(=O)CCC1=O)c1ccccc1. The molecule has 3 amide bonds. The minimum absolute atomic E-state index is 0.0745. The molecule has 0 radical (unpaired) electrons. The molecule has 0 N–H and O–H groups in total. The van der Waals surface area contributed by atoms with Gasteiger partial charge in [0.05, 0.1) is 0 Å². The normalized spacial score (nSPS) is 20.9. The number of benzene rings is 1. The highest BCUT2D eigenvalue weighted by atomic mass is 32.2. The molecule has 7 heteroatoms.